The lowest BCUT2D eigenvalue weighted by molar-refractivity contribution is -0.147. The smallest absolute Gasteiger partial charge is 0.319 e. The van der Waals surface area contributed by atoms with E-state index in [9.17, 15) is 14.4 Å². The van der Waals surface area contributed by atoms with Crippen molar-refractivity contribution in [2.24, 2.45) is 5.41 Å². The van der Waals surface area contributed by atoms with Gasteiger partial charge in [-0.15, -0.1) is 0 Å². The molecule has 0 heterocycles. The van der Waals surface area contributed by atoms with Crippen LogP contribution in [-0.2, 0) is 4.79 Å². The Hall–Kier alpha value is -2.57. The highest BCUT2D eigenvalue weighted by molar-refractivity contribution is 5.97. The third-order valence-corrected chi connectivity index (χ3v) is 3.91. The monoisotopic (exact) mass is 333 g/mol. The summed E-state index contributed by atoms with van der Waals surface area (Å²) in [4.78, 5) is 34.9. The summed E-state index contributed by atoms with van der Waals surface area (Å²) in [6.45, 7) is 3.49. The first kappa shape index (κ1) is 17.8. The number of hydrogen-bond donors (Lipinski definition) is 4. The minimum Gasteiger partial charge on any atom is -0.481 e. The number of nitrogens with one attached hydrogen (secondary N) is 3. The van der Waals surface area contributed by atoms with E-state index in [4.69, 9.17) is 5.11 Å². The molecule has 0 atom stereocenters. The molecule has 2 rings (SSSR count). The maximum absolute atomic E-state index is 12.1. The fraction of sp³-hybridized carbons (Fsp3) is 0.471. The molecule has 0 aliphatic heterocycles. The number of carboxylic acids is 1. The van der Waals surface area contributed by atoms with Crippen LogP contribution in [0.4, 0.5) is 10.5 Å². The number of hydrogen-bond acceptors (Lipinski definition) is 3. The van der Waals surface area contributed by atoms with Crippen LogP contribution in [0.15, 0.2) is 24.3 Å². The van der Waals surface area contributed by atoms with Crippen molar-refractivity contribution in [3.63, 3.8) is 0 Å². The summed E-state index contributed by atoms with van der Waals surface area (Å²) in [6, 6.07) is 6.60. The second-order valence-electron chi connectivity index (χ2n) is 6.65. The lowest BCUT2D eigenvalue weighted by Crippen LogP contribution is -2.32. The Kier molecular flexibility index (Phi) is 5.43. The summed E-state index contributed by atoms with van der Waals surface area (Å²) in [6.07, 6.45) is 2.33. The van der Waals surface area contributed by atoms with Gasteiger partial charge in [-0.05, 0) is 51.3 Å². The first-order chi connectivity index (χ1) is 11.3. The average Bonchev–Trinajstić information content (AvgIpc) is 3.30. The lowest BCUT2D eigenvalue weighted by atomic mass is 9.90. The highest BCUT2D eigenvalue weighted by Crippen LogP contribution is 2.20. The second kappa shape index (κ2) is 7.33. The van der Waals surface area contributed by atoms with Crippen LogP contribution in [0.3, 0.4) is 0 Å². The van der Waals surface area contributed by atoms with Gasteiger partial charge in [-0.3, -0.25) is 9.59 Å². The van der Waals surface area contributed by atoms with Gasteiger partial charge in [-0.1, -0.05) is 6.07 Å². The van der Waals surface area contributed by atoms with Crippen molar-refractivity contribution < 1.29 is 19.5 Å². The SMILES string of the molecule is CC(C)(CCNC(=O)c1cccc(NC(=O)NC2CC2)c1)C(=O)O. The summed E-state index contributed by atoms with van der Waals surface area (Å²) in [7, 11) is 0. The standard InChI is InChI=1S/C17H23N3O4/c1-17(2,15(22)23)8-9-18-14(21)11-4-3-5-13(10-11)20-16(24)19-12-6-7-12/h3-5,10,12H,6-9H2,1-2H3,(H,18,21)(H,22,23)(H2,19,20,24). The Labute approximate surface area is 140 Å². The van der Waals surface area contributed by atoms with Gasteiger partial charge in [-0.2, -0.15) is 0 Å². The van der Waals surface area contributed by atoms with E-state index in [1.165, 1.54) is 0 Å². The molecule has 0 saturated heterocycles. The van der Waals surface area contributed by atoms with E-state index < -0.39 is 11.4 Å². The number of benzene rings is 1. The summed E-state index contributed by atoms with van der Waals surface area (Å²) < 4.78 is 0. The van der Waals surface area contributed by atoms with E-state index in [1.807, 2.05) is 0 Å². The van der Waals surface area contributed by atoms with E-state index in [0.717, 1.165) is 12.8 Å². The molecule has 7 heteroatoms. The molecule has 4 N–H and O–H groups in total. The molecule has 7 nitrogen and oxygen atoms in total. The molecule has 130 valence electrons. The number of carboxylic acid groups (broad SMARTS) is 1. The molecule has 24 heavy (non-hydrogen) atoms. The summed E-state index contributed by atoms with van der Waals surface area (Å²) >= 11 is 0. The Morgan fingerprint density at radius 1 is 1.25 bits per heavy atom. The molecule has 0 unspecified atom stereocenters. The van der Waals surface area contributed by atoms with Gasteiger partial charge in [0.2, 0.25) is 0 Å². The van der Waals surface area contributed by atoms with Gasteiger partial charge in [0, 0.05) is 23.8 Å². The van der Waals surface area contributed by atoms with Crippen LogP contribution < -0.4 is 16.0 Å². The van der Waals surface area contributed by atoms with E-state index in [2.05, 4.69) is 16.0 Å². The summed E-state index contributed by atoms with van der Waals surface area (Å²) in [5.41, 5.74) is 0.0522. The third kappa shape index (κ3) is 5.26. The molecule has 1 aliphatic carbocycles. The van der Waals surface area contributed by atoms with Crippen LogP contribution in [0, 0.1) is 5.41 Å². The van der Waals surface area contributed by atoms with Gasteiger partial charge >= 0.3 is 12.0 Å². The van der Waals surface area contributed by atoms with Crippen molar-refractivity contribution in [2.75, 3.05) is 11.9 Å². The van der Waals surface area contributed by atoms with Crippen molar-refractivity contribution in [3.8, 4) is 0 Å². The zero-order chi connectivity index (χ0) is 17.7. The minimum absolute atomic E-state index is 0.258. The fourth-order valence-corrected chi connectivity index (χ4v) is 2.02. The van der Waals surface area contributed by atoms with Crippen molar-refractivity contribution in [1.29, 1.82) is 0 Å². The number of carbonyl (C=O) groups excluding carboxylic acids is 2. The van der Waals surface area contributed by atoms with Gasteiger partial charge in [0.15, 0.2) is 0 Å². The number of anilines is 1. The topological polar surface area (TPSA) is 108 Å². The van der Waals surface area contributed by atoms with Crippen molar-refractivity contribution >= 4 is 23.6 Å². The summed E-state index contributed by atoms with van der Waals surface area (Å²) in [5.74, 6) is -1.20. The second-order valence-corrected chi connectivity index (χ2v) is 6.65. The maximum atomic E-state index is 12.1. The highest BCUT2D eigenvalue weighted by atomic mass is 16.4. The molecule has 1 aromatic carbocycles. The molecular weight excluding hydrogens is 310 g/mol. The predicted octanol–water partition coefficient (Wildman–Crippen LogP) is 2.20. The van der Waals surface area contributed by atoms with Crippen LogP contribution in [0.25, 0.3) is 0 Å². The normalized spacial score (nSPS) is 13.9. The average molecular weight is 333 g/mol. The van der Waals surface area contributed by atoms with Gasteiger partial charge in [0.1, 0.15) is 0 Å². The molecule has 1 aliphatic rings. The van der Waals surface area contributed by atoms with E-state index in [1.54, 1.807) is 38.1 Å². The summed E-state index contributed by atoms with van der Waals surface area (Å²) in [5, 5.41) is 17.3. The quantitative estimate of drug-likeness (QED) is 0.613. The largest absolute Gasteiger partial charge is 0.481 e. The van der Waals surface area contributed by atoms with E-state index in [0.29, 0.717) is 17.7 Å². The highest BCUT2D eigenvalue weighted by Gasteiger charge is 2.26. The Balaban J connectivity index is 1.86. The van der Waals surface area contributed by atoms with Gasteiger partial charge in [-0.25, -0.2) is 4.79 Å². The van der Waals surface area contributed by atoms with E-state index >= 15 is 0 Å². The Morgan fingerprint density at radius 3 is 2.58 bits per heavy atom. The maximum Gasteiger partial charge on any atom is 0.319 e. The molecular formula is C17H23N3O4. The Bertz CT molecular complexity index is 638. The molecule has 1 fully saturated rings. The number of rotatable bonds is 7. The molecule has 3 amide bonds. The molecule has 0 aromatic heterocycles. The van der Waals surface area contributed by atoms with Crippen LogP contribution >= 0.6 is 0 Å². The van der Waals surface area contributed by atoms with Gasteiger partial charge < -0.3 is 21.1 Å². The number of aliphatic carboxylic acids is 1. The van der Waals surface area contributed by atoms with Crippen molar-refractivity contribution in [2.45, 2.75) is 39.2 Å². The number of amides is 3. The van der Waals surface area contributed by atoms with Crippen molar-refractivity contribution in [3.05, 3.63) is 29.8 Å². The van der Waals surface area contributed by atoms with Crippen LogP contribution in [0.2, 0.25) is 0 Å². The fourth-order valence-electron chi connectivity index (χ4n) is 2.02. The zero-order valence-corrected chi connectivity index (χ0v) is 13.9. The predicted molar refractivity (Wildman–Crippen MR) is 90.0 cm³/mol. The van der Waals surface area contributed by atoms with Crippen LogP contribution in [0.5, 0.6) is 0 Å². The third-order valence-electron chi connectivity index (χ3n) is 3.91. The lowest BCUT2D eigenvalue weighted by Gasteiger charge is -2.19. The first-order valence-electron chi connectivity index (χ1n) is 7.97. The van der Waals surface area contributed by atoms with Crippen LogP contribution in [-0.4, -0.2) is 35.6 Å². The molecule has 1 aromatic rings. The number of urea groups is 1. The molecule has 1 saturated carbocycles. The van der Waals surface area contributed by atoms with Crippen molar-refractivity contribution in [1.82, 2.24) is 10.6 Å². The zero-order valence-electron chi connectivity index (χ0n) is 13.9. The molecule has 0 radical (unpaired) electrons. The minimum atomic E-state index is -0.898. The number of carbonyl (C=O) groups is 3. The molecule has 0 spiro atoms. The van der Waals surface area contributed by atoms with Gasteiger partial charge in [0.05, 0.1) is 5.41 Å². The van der Waals surface area contributed by atoms with Gasteiger partial charge in [0.25, 0.3) is 5.91 Å². The van der Waals surface area contributed by atoms with Crippen LogP contribution in [0.1, 0.15) is 43.5 Å². The molecule has 0 bridgehead atoms. The first-order valence-corrected chi connectivity index (χ1v) is 7.97. The Morgan fingerprint density at radius 2 is 1.96 bits per heavy atom. The van der Waals surface area contributed by atoms with E-state index in [-0.39, 0.29) is 24.5 Å².